The van der Waals surface area contributed by atoms with Crippen molar-refractivity contribution in [1.82, 2.24) is 10.2 Å². The van der Waals surface area contributed by atoms with Crippen molar-refractivity contribution in [2.24, 2.45) is 0 Å². The Bertz CT molecular complexity index is 485. The number of nitrogens with one attached hydrogen (secondary N) is 1. The topological polar surface area (TPSA) is 43.0 Å². The largest absolute Gasteiger partial charge is 0.491 e. The van der Waals surface area contributed by atoms with Crippen LogP contribution in [0.25, 0.3) is 0 Å². The van der Waals surface area contributed by atoms with E-state index in [1.807, 2.05) is 19.1 Å². The Labute approximate surface area is 137 Å². The number of morpholine rings is 1. The number of hydrogen-bond acceptors (Lipinski definition) is 5. The molecular weight excluding hydrogens is 304 g/mol. The molecule has 22 heavy (non-hydrogen) atoms. The van der Waals surface area contributed by atoms with Crippen LogP contribution >= 0.6 is 11.6 Å². The Balaban J connectivity index is 1.92. The molecule has 1 saturated heterocycles. The van der Waals surface area contributed by atoms with Crippen LogP contribution in [0.2, 0.25) is 5.02 Å². The summed E-state index contributed by atoms with van der Waals surface area (Å²) in [7, 11) is 3.71. The Morgan fingerprint density at radius 1 is 1.45 bits per heavy atom. The fourth-order valence-corrected chi connectivity index (χ4v) is 2.86. The van der Waals surface area contributed by atoms with Gasteiger partial charge in [0.1, 0.15) is 0 Å². The minimum atomic E-state index is 0.235. The van der Waals surface area contributed by atoms with Gasteiger partial charge in [-0.2, -0.15) is 0 Å². The molecule has 5 nitrogen and oxygen atoms in total. The summed E-state index contributed by atoms with van der Waals surface area (Å²) in [6, 6.07) is 3.87. The summed E-state index contributed by atoms with van der Waals surface area (Å²) < 4.78 is 16.6. The van der Waals surface area contributed by atoms with Crippen LogP contribution in [0.5, 0.6) is 11.5 Å². The van der Waals surface area contributed by atoms with Crippen LogP contribution < -0.4 is 14.8 Å². The molecule has 1 aliphatic heterocycles. The first kappa shape index (κ1) is 17.3. The van der Waals surface area contributed by atoms with E-state index < -0.39 is 0 Å². The second-order valence-electron chi connectivity index (χ2n) is 5.43. The zero-order valence-corrected chi connectivity index (χ0v) is 14.3. The average molecular weight is 329 g/mol. The van der Waals surface area contributed by atoms with E-state index >= 15 is 0 Å². The van der Waals surface area contributed by atoms with Crippen LogP contribution in [0, 0.1) is 0 Å². The second kappa shape index (κ2) is 8.58. The van der Waals surface area contributed by atoms with E-state index in [0.29, 0.717) is 29.7 Å². The predicted octanol–water partition coefficient (Wildman–Crippen LogP) is 2.17. The van der Waals surface area contributed by atoms with Crippen molar-refractivity contribution in [3.8, 4) is 11.5 Å². The van der Waals surface area contributed by atoms with Gasteiger partial charge in [-0.1, -0.05) is 11.6 Å². The highest BCUT2D eigenvalue weighted by atomic mass is 35.5. The van der Waals surface area contributed by atoms with E-state index in [-0.39, 0.29) is 6.10 Å². The molecule has 6 heteroatoms. The third-order valence-corrected chi connectivity index (χ3v) is 3.90. The quantitative estimate of drug-likeness (QED) is 0.831. The lowest BCUT2D eigenvalue weighted by molar-refractivity contribution is -0.0182. The van der Waals surface area contributed by atoms with Crippen LogP contribution in [0.15, 0.2) is 12.1 Å². The van der Waals surface area contributed by atoms with Crippen molar-refractivity contribution < 1.29 is 14.2 Å². The Morgan fingerprint density at radius 2 is 2.27 bits per heavy atom. The van der Waals surface area contributed by atoms with Crippen LogP contribution in [0.1, 0.15) is 12.5 Å². The first-order valence-electron chi connectivity index (χ1n) is 7.64. The number of nitrogens with zero attached hydrogens (tertiary/aromatic N) is 1. The number of halogens is 1. The Kier molecular flexibility index (Phi) is 6.76. The van der Waals surface area contributed by atoms with E-state index in [4.69, 9.17) is 25.8 Å². The summed E-state index contributed by atoms with van der Waals surface area (Å²) in [6.07, 6.45) is 0.235. The maximum Gasteiger partial charge on any atom is 0.179 e. The SMILES string of the molecule is CCOc1cc(CNC[C@@H]2CN(C)CCO2)cc(Cl)c1OC. The molecular formula is C16H25ClN2O3. The number of ether oxygens (including phenoxy) is 3. The van der Waals surface area contributed by atoms with E-state index in [1.165, 1.54) is 0 Å². The zero-order valence-electron chi connectivity index (χ0n) is 13.5. The number of hydrogen-bond donors (Lipinski definition) is 1. The third kappa shape index (κ3) is 4.74. The first-order chi connectivity index (χ1) is 10.6. The Hall–Kier alpha value is -1.01. The van der Waals surface area contributed by atoms with Crippen molar-refractivity contribution in [2.45, 2.75) is 19.6 Å². The molecule has 1 atom stereocenters. The lowest BCUT2D eigenvalue weighted by atomic mass is 10.2. The average Bonchev–Trinajstić information content (AvgIpc) is 2.47. The van der Waals surface area contributed by atoms with Gasteiger partial charge in [0.25, 0.3) is 0 Å². The summed E-state index contributed by atoms with van der Waals surface area (Å²) in [5, 5.41) is 3.99. The molecule has 0 amide bonds. The van der Waals surface area contributed by atoms with Crippen molar-refractivity contribution in [2.75, 3.05) is 47.0 Å². The number of benzene rings is 1. The normalized spacial score (nSPS) is 19.2. The van der Waals surface area contributed by atoms with Gasteiger partial charge in [-0.3, -0.25) is 0 Å². The maximum absolute atomic E-state index is 6.25. The third-order valence-electron chi connectivity index (χ3n) is 3.62. The summed E-state index contributed by atoms with van der Waals surface area (Å²) in [4.78, 5) is 2.29. The summed E-state index contributed by atoms with van der Waals surface area (Å²) >= 11 is 6.25. The molecule has 1 N–H and O–H groups in total. The molecule has 0 aliphatic carbocycles. The summed E-state index contributed by atoms with van der Waals surface area (Å²) in [5.74, 6) is 1.27. The maximum atomic E-state index is 6.25. The molecule has 0 aromatic heterocycles. The molecule has 1 heterocycles. The number of likely N-dealkylation sites (N-methyl/N-ethyl adjacent to an activating group) is 1. The summed E-state index contributed by atoms with van der Waals surface area (Å²) in [5.41, 5.74) is 1.07. The van der Waals surface area contributed by atoms with Gasteiger partial charge in [-0.25, -0.2) is 0 Å². The molecule has 1 aliphatic rings. The van der Waals surface area contributed by atoms with Gasteiger partial charge in [0.05, 0.1) is 31.5 Å². The van der Waals surface area contributed by atoms with E-state index in [0.717, 1.165) is 31.8 Å². The number of methoxy groups -OCH3 is 1. The van der Waals surface area contributed by atoms with Crippen LogP contribution in [0.3, 0.4) is 0 Å². The molecule has 0 unspecified atom stereocenters. The van der Waals surface area contributed by atoms with E-state index in [9.17, 15) is 0 Å². The van der Waals surface area contributed by atoms with Crippen molar-refractivity contribution in [3.63, 3.8) is 0 Å². The fraction of sp³-hybridized carbons (Fsp3) is 0.625. The van der Waals surface area contributed by atoms with Crippen LogP contribution in [0.4, 0.5) is 0 Å². The zero-order chi connectivity index (χ0) is 15.9. The molecule has 1 fully saturated rings. The molecule has 1 aromatic carbocycles. The van der Waals surface area contributed by atoms with Gasteiger partial charge in [-0.05, 0) is 31.7 Å². The van der Waals surface area contributed by atoms with Gasteiger partial charge >= 0.3 is 0 Å². The molecule has 0 spiro atoms. The minimum Gasteiger partial charge on any atom is -0.491 e. The van der Waals surface area contributed by atoms with Gasteiger partial charge in [-0.15, -0.1) is 0 Å². The highest BCUT2D eigenvalue weighted by molar-refractivity contribution is 6.32. The van der Waals surface area contributed by atoms with Crippen LogP contribution in [-0.4, -0.2) is 58.0 Å². The predicted molar refractivity (Wildman–Crippen MR) is 88.1 cm³/mol. The van der Waals surface area contributed by atoms with Crippen LogP contribution in [-0.2, 0) is 11.3 Å². The summed E-state index contributed by atoms with van der Waals surface area (Å²) in [6.45, 7) is 6.81. The Morgan fingerprint density at radius 3 is 2.95 bits per heavy atom. The van der Waals surface area contributed by atoms with Crippen molar-refractivity contribution >= 4 is 11.6 Å². The van der Waals surface area contributed by atoms with Gasteiger partial charge in [0, 0.05) is 26.2 Å². The van der Waals surface area contributed by atoms with Crippen molar-refractivity contribution in [3.05, 3.63) is 22.7 Å². The molecule has 0 saturated carbocycles. The number of rotatable bonds is 7. The van der Waals surface area contributed by atoms with E-state index in [2.05, 4.69) is 17.3 Å². The highest BCUT2D eigenvalue weighted by Crippen LogP contribution is 2.36. The molecule has 2 rings (SSSR count). The lowest BCUT2D eigenvalue weighted by Crippen LogP contribution is -2.44. The first-order valence-corrected chi connectivity index (χ1v) is 8.02. The van der Waals surface area contributed by atoms with Gasteiger partial charge < -0.3 is 24.4 Å². The molecule has 1 aromatic rings. The van der Waals surface area contributed by atoms with E-state index in [1.54, 1.807) is 7.11 Å². The fourth-order valence-electron chi connectivity index (χ4n) is 2.55. The van der Waals surface area contributed by atoms with Gasteiger partial charge in [0.2, 0.25) is 0 Å². The second-order valence-corrected chi connectivity index (χ2v) is 5.84. The molecule has 0 radical (unpaired) electrons. The lowest BCUT2D eigenvalue weighted by Gasteiger charge is -2.30. The highest BCUT2D eigenvalue weighted by Gasteiger charge is 2.17. The molecule has 124 valence electrons. The monoisotopic (exact) mass is 328 g/mol. The van der Waals surface area contributed by atoms with Gasteiger partial charge in [0.15, 0.2) is 11.5 Å². The van der Waals surface area contributed by atoms with Crippen molar-refractivity contribution in [1.29, 1.82) is 0 Å². The minimum absolute atomic E-state index is 0.235. The smallest absolute Gasteiger partial charge is 0.179 e. The molecule has 0 bridgehead atoms. The standard InChI is InChI=1S/C16H25ClN2O3/c1-4-21-15-8-12(7-14(17)16(15)20-3)9-18-10-13-11-19(2)5-6-22-13/h7-8,13,18H,4-6,9-11H2,1-3H3/t13-/m1/s1.